The number of nitriles is 1. The van der Waals surface area contributed by atoms with Crippen molar-refractivity contribution in [2.24, 2.45) is 0 Å². The van der Waals surface area contributed by atoms with E-state index >= 15 is 0 Å². The lowest BCUT2D eigenvalue weighted by atomic mass is 10.0. The number of hydrogen-bond acceptors (Lipinski definition) is 7. The minimum atomic E-state index is -0.816. The Bertz CT molecular complexity index is 1090. The number of aromatic nitrogens is 1. The molecule has 0 spiro atoms. The third kappa shape index (κ3) is 6.16. The second-order valence-corrected chi connectivity index (χ2v) is 10.9. The monoisotopic (exact) mass is 481 g/mol. The number of hydrogen-bond donors (Lipinski definition) is 0. The van der Waals surface area contributed by atoms with Gasteiger partial charge >= 0.3 is 6.09 Å². The molecule has 2 heterocycles. The molecule has 0 saturated carbocycles. The highest BCUT2D eigenvalue weighted by Crippen LogP contribution is 2.42. The van der Waals surface area contributed by atoms with Gasteiger partial charge in [0.15, 0.2) is 5.78 Å². The second-order valence-electron chi connectivity index (χ2n) is 9.73. The molecule has 34 heavy (non-hydrogen) atoms. The van der Waals surface area contributed by atoms with Gasteiger partial charge in [-0.2, -0.15) is 5.26 Å². The van der Waals surface area contributed by atoms with Crippen molar-refractivity contribution in [3.63, 3.8) is 0 Å². The van der Waals surface area contributed by atoms with Crippen LogP contribution in [0.5, 0.6) is 0 Å². The molecule has 0 N–H and O–H groups in total. The molecule has 7 nitrogen and oxygen atoms in total. The maximum atomic E-state index is 13.1. The fourth-order valence-electron chi connectivity index (χ4n) is 3.85. The smallest absolute Gasteiger partial charge is 0.412 e. The molecule has 1 unspecified atom stereocenters. The first-order valence-electron chi connectivity index (χ1n) is 11.2. The van der Waals surface area contributed by atoms with Crippen molar-refractivity contribution in [2.45, 2.75) is 75.6 Å². The summed E-state index contributed by atoms with van der Waals surface area (Å²) < 4.78 is 11.7. The van der Waals surface area contributed by atoms with E-state index in [0.29, 0.717) is 29.3 Å². The third-order valence-electron chi connectivity index (χ3n) is 5.42. The first-order valence-corrected chi connectivity index (χ1v) is 12.1. The first-order chi connectivity index (χ1) is 15.9. The Morgan fingerprint density at radius 1 is 1.26 bits per heavy atom. The van der Waals surface area contributed by atoms with Crippen LogP contribution in [0.3, 0.4) is 0 Å². The molecule has 0 aliphatic carbocycles. The largest absolute Gasteiger partial charge is 0.444 e. The van der Waals surface area contributed by atoms with E-state index in [1.165, 1.54) is 18.7 Å². The minimum Gasteiger partial charge on any atom is -0.444 e. The molecule has 0 bridgehead atoms. The predicted molar refractivity (Wildman–Crippen MR) is 131 cm³/mol. The molecular formula is C26H31N3O4S. The van der Waals surface area contributed by atoms with E-state index in [2.05, 4.69) is 11.1 Å². The lowest BCUT2D eigenvalue weighted by Crippen LogP contribution is -2.50. The van der Waals surface area contributed by atoms with Crippen LogP contribution in [-0.4, -0.2) is 45.7 Å². The molecule has 2 atom stereocenters. The van der Waals surface area contributed by atoms with Crippen LogP contribution in [0.1, 0.15) is 74.8 Å². The van der Waals surface area contributed by atoms with Crippen molar-refractivity contribution in [1.29, 1.82) is 5.26 Å². The van der Waals surface area contributed by atoms with Gasteiger partial charge in [0.25, 0.3) is 0 Å². The normalized spacial score (nSPS) is 18.3. The number of rotatable bonds is 6. The number of amides is 1. The van der Waals surface area contributed by atoms with E-state index in [1.54, 1.807) is 17.0 Å². The number of carbonyl (C=O) groups is 2. The Kier molecular flexibility index (Phi) is 7.69. The van der Waals surface area contributed by atoms with Crippen molar-refractivity contribution >= 4 is 23.6 Å². The standard InChI is InChI=1S/C26H31N3O4S/c1-17(30)21-13-12-19(15-27)23(28-21)34-22(18-10-8-7-9-11-18)14-20-16-32-26(5,6)29(20)24(31)33-25(2,3)4/h7-13,20,22H,14,16H2,1-6H3/t20?,22-/m1/s1. The van der Waals surface area contributed by atoms with Crippen LogP contribution in [0, 0.1) is 11.3 Å². The Morgan fingerprint density at radius 2 is 1.94 bits per heavy atom. The number of carbonyl (C=O) groups excluding carboxylic acids is 2. The van der Waals surface area contributed by atoms with Gasteiger partial charge in [-0.3, -0.25) is 9.69 Å². The number of ketones is 1. The zero-order chi connectivity index (χ0) is 25.1. The number of nitrogens with zero attached hydrogens (tertiary/aromatic N) is 3. The zero-order valence-electron chi connectivity index (χ0n) is 20.5. The zero-order valence-corrected chi connectivity index (χ0v) is 21.3. The van der Waals surface area contributed by atoms with Crippen LogP contribution in [0.2, 0.25) is 0 Å². The van der Waals surface area contributed by atoms with Gasteiger partial charge in [0.05, 0.1) is 18.2 Å². The molecule has 2 aromatic rings. The van der Waals surface area contributed by atoms with E-state index in [9.17, 15) is 14.9 Å². The van der Waals surface area contributed by atoms with E-state index in [0.717, 1.165) is 5.56 Å². The summed E-state index contributed by atoms with van der Waals surface area (Å²) in [6.45, 7) is 11.0. The second kappa shape index (κ2) is 10.2. The highest BCUT2D eigenvalue weighted by Gasteiger charge is 2.46. The Balaban J connectivity index is 1.95. The molecule has 1 aliphatic heterocycles. The summed E-state index contributed by atoms with van der Waals surface area (Å²) in [4.78, 5) is 31.1. The Labute approximate surface area is 205 Å². The molecule has 1 amide bonds. The SMILES string of the molecule is CC(=O)c1ccc(C#N)c(S[C@H](CC2COC(C)(C)N2C(=O)OC(C)(C)C)c2ccccc2)n1. The minimum absolute atomic E-state index is 0.143. The Morgan fingerprint density at radius 3 is 2.53 bits per heavy atom. The molecule has 8 heteroatoms. The van der Waals surface area contributed by atoms with Crippen molar-refractivity contribution in [3.05, 3.63) is 59.3 Å². The summed E-state index contributed by atoms with van der Waals surface area (Å²) in [5, 5.41) is 9.98. The summed E-state index contributed by atoms with van der Waals surface area (Å²) in [7, 11) is 0. The van der Waals surface area contributed by atoms with E-state index in [4.69, 9.17) is 9.47 Å². The predicted octanol–water partition coefficient (Wildman–Crippen LogP) is 5.75. The molecule has 180 valence electrons. The first kappa shape index (κ1) is 25.7. The maximum absolute atomic E-state index is 13.1. The highest BCUT2D eigenvalue weighted by atomic mass is 32.2. The molecule has 1 fully saturated rings. The Hall–Kier alpha value is -2.89. The van der Waals surface area contributed by atoms with Crippen molar-refractivity contribution in [2.75, 3.05) is 6.61 Å². The van der Waals surface area contributed by atoms with Crippen LogP contribution in [0.4, 0.5) is 4.79 Å². The average molecular weight is 482 g/mol. The van der Waals surface area contributed by atoms with Crippen LogP contribution >= 0.6 is 11.8 Å². The van der Waals surface area contributed by atoms with Crippen molar-refractivity contribution in [3.8, 4) is 6.07 Å². The van der Waals surface area contributed by atoms with Gasteiger partial charge in [0.1, 0.15) is 28.1 Å². The fraction of sp³-hybridized carbons (Fsp3) is 0.462. The van der Waals surface area contributed by atoms with Gasteiger partial charge in [0, 0.05) is 12.2 Å². The average Bonchev–Trinajstić information content (AvgIpc) is 3.06. The van der Waals surface area contributed by atoms with Gasteiger partial charge in [-0.05, 0) is 58.7 Å². The number of ether oxygens (including phenoxy) is 2. The maximum Gasteiger partial charge on any atom is 0.412 e. The van der Waals surface area contributed by atoms with Crippen LogP contribution in [0.15, 0.2) is 47.5 Å². The van der Waals surface area contributed by atoms with Crippen LogP contribution in [0.25, 0.3) is 0 Å². The topological polar surface area (TPSA) is 92.5 Å². The van der Waals surface area contributed by atoms with Crippen LogP contribution < -0.4 is 0 Å². The molecular weight excluding hydrogens is 450 g/mol. The molecule has 1 saturated heterocycles. The number of pyridine rings is 1. The third-order valence-corrected chi connectivity index (χ3v) is 6.70. The lowest BCUT2D eigenvalue weighted by molar-refractivity contribution is -0.0626. The summed E-state index contributed by atoms with van der Waals surface area (Å²) in [5.74, 6) is -0.162. The highest BCUT2D eigenvalue weighted by molar-refractivity contribution is 7.99. The van der Waals surface area contributed by atoms with Gasteiger partial charge in [-0.15, -0.1) is 0 Å². The quantitative estimate of drug-likeness (QED) is 0.383. The van der Waals surface area contributed by atoms with Crippen LogP contribution in [-0.2, 0) is 9.47 Å². The van der Waals surface area contributed by atoms with Gasteiger partial charge < -0.3 is 9.47 Å². The van der Waals surface area contributed by atoms with Gasteiger partial charge in [-0.25, -0.2) is 9.78 Å². The summed E-state index contributed by atoms with van der Waals surface area (Å²) in [6.07, 6.45) is 0.125. The number of thioether (sulfide) groups is 1. The van der Waals surface area contributed by atoms with Gasteiger partial charge in [-0.1, -0.05) is 42.1 Å². The summed E-state index contributed by atoms with van der Waals surface area (Å²) >= 11 is 1.42. The van der Waals surface area contributed by atoms with Gasteiger partial charge in [0.2, 0.25) is 0 Å². The summed E-state index contributed by atoms with van der Waals surface area (Å²) in [6, 6.07) is 15.0. The fourth-order valence-corrected chi connectivity index (χ4v) is 5.12. The molecule has 1 aromatic heterocycles. The molecule has 1 aliphatic rings. The van der Waals surface area contributed by atoms with E-state index in [-0.39, 0.29) is 17.1 Å². The molecule has 0 radical (unpaired) electrons. The molecule has 1 aromatic carbocycles. The number of Topliss-reactive ketones (excluding diaryl/α,β-unsaturated/α-hetero) is 1. The lowest BCUT2D eigenvalue weighted by Gasteiger charge is -2.36. The number of benzene rings is 1. The van der Waals surface area contributed by atoms with E-state index in [1.807, 2.05) is 65.0 Å². The van der Waals surface area contributed by atoms with Crippen molar-refractivity contribution in [1.82, 2.24) is 9.88 Å². The van der Waals surface area contributed by atoms with E-state index < -0.39 is 17.4 Å². The molecule has 3 rings (SSSR count). The summed E-state index contributed by atoms with van der Waals surface area (Å²) in [5.41, 5.74) is 0.299. The van der Waals surface area contributed by atoms with Crippen molar-refractivity contribution < 1.29 is 19.1 Å².